The molecule has 0 saturated carbocycles. The van der Waals surface area contributed by atoms with E-state index < -0.39 is 10.4 Å². The Morgan fingerprint density at radius 2 is 0.698 bits per heavy atom. The molecule has 0 aromatic rings. The molecule has 2 rings (SSSR count). The van der Waals surface area contributed by atoms with E-state index in [0.717, 1.165) is 13.1 Å². The molecule has 8 nitrogen and oxygen atoms in total. The third-order valence-corrected chi connectivity index (χ3v) is 10.2. The van der Waals surface area contributed by atoms with Crippen molar-refractivity contribution in [3.05, 3.63) is 24.3 Å². The third kappa shape index (κ3) is 46.7. The number of hydrogen-bond donors (Lipinski definition) is 2. The summed E-state index contributed by atoms with van der Waals surface area (Å²) in [6.45, 7) is 11.7. The van der Waals surface area contributed by atoms with Gasteiger partial charge in [-0.1, -0.05) is 154 Å². The van der Waals surface area contributed by atoms with E-state index in [1.165, 1.54) is 219 Å². The molecule has 0 aromatic carbocycles. The highest BCUT2D eigenvalue weighted by molar-refractivity contribution is 7.79. The summed E-state index contributed by atoms with van der Waals surface area (Å²) < 4.78 is 34.1. The van der Waals surface area contributed by atoms with Gasteiger partial charge in [0.25, 0.3) is 0 Å². The van der Waals surface area contributed by atoms with Gasteiger partial charge in [-0.05, 0) is 77.0 Å². The summed E-state index contributed by atoms with van der Waals surface area (Å²) in [5, 5.41) is 0. The first-order chi connectivity index (χ1) is 25.9. The highest BCUT2D eigenvalue weighted by Gasteiger charge is 2.10. The number of nitrogens with one attached hydrogen (secondary N) is 2. The minimum Gasteiger partial charge on any atom is -0.759 e. The minimum atomic E-state index is -5.17. The molecule has 0 aliphatic carbocycles. The molecule has 0 amide bonds. The van der Waals surface area contributed by atoms with Crippen LogP contribution in [0.4, 0.5) is 0 Å². The van der Waals surface area contributed by atoms with Crippen LogP contribution in [0.3, 0.4) is 0 Å². The molecule has 0 saturated heterocycles. The molecular weight excluding hydrogens is 681 g/mol. The molecular formula is C44H86N4O4S. The Morgan fingerprint density at radius 1 is 0.453 bits per heavy atom. The van der Waals surface area contributed by atoms with Gasteiger partial charge in [0.05, 0.1) is 26.2 Å². The van der Waals surface area contributed by atoms with Crippen molar-refractivity contribution in [2.75, 3.05) is 39.3 Å². The Kier molecular flexibility index (Phi) is 40.7. The predicted molar refractivity (Wildman–Crippen MR) is 227 cm³/mol. The maximum absolute atomic E-state index is 8.52. The molecule has 0 fully saturated rings. The van der Waals surface area contributed by atoms with Gasteiger partial charge in [0.15, 0.2) is 12.7 Å². The minimum absolute atomic E-state index is 1.04. The Morgan fingerprint density at radius 3 is 0.943 bits per heavy atom. The summed E-state index contributed by atoms with van der Waals surface area (Å²) >= 11 is 0. The van der Waals surface area contributed by atoms with E-state index in [1.807, 2.05) is 0 Å². The first kappa shape index (κ1) is 51.6. The van der Waals surface area contributed by atoms with Gasteiger partial charge in [0.1, 0.15) is 13.1 Å². The second kappa shape index (κ2) is 41.8. The van der Waals surface area contributed by atoms with Crippen LogP contribution in [0.25, 0.3) is 0 Å². The molecule has 53 heavy (non-hydrogen) atoms. The van der Waals surface area contributed by atoms with Gasteiger partial charge in [-0.15, -0.1) is 0 Å². The number of unbranched alkanes of at least 4 members (excludes halogenated alkanes) is 26. The lowest BCUT2D eigenvalue weighted by Crippen LogP contribution is -3.09. The number of aliphatic imine (C=N–C) groups is 2. The van der Waals surface area contributed by atoms with Crippen LogP contribution in [0.5, 0.6) is 0 Å². The van der Waals surface area contributed by atoms with Crippen molar-refractivity contribution in [2.24, 2.45) is 9.98 Å². The summed E-state index contributed by atoms with van der Waals surface area (Å²) in [5.41, 5.74) is 0. The summed E-state index contributed by atoms with van der Waals surface area (Å²) in [6, 6.07) is 0. The van der Waals surface area contributed by atoms with Crippen LogP contribution in [0.15, 0.2) is 34.3 Å². The standard InChI is InChI=1S/2C22H42N2.H2O4S/c2*1-2-3-4-5-6-7-8-9-10-11-12-13-14-15-16-17-18-20-24-21-19-23-22-24;1-5(2,3)4/h2*10-11,22H,2-9,12-21H2,1H3;(H2,1,2,3,4)/b2*11-10-;. The maximum atomic E-state index is 8.52. The van der Waals surface area contributed by atoms with Crippen molar-refractivity contribution in [1.82, 2.24) is 0 Å². The van der Waals surface area contributed by atoms with Crippen LogP contribution in [0.1, 0.15) is 206 Å². The highest BCUT2D eigenvalue weighted by atomic mass is 32.3. The van der Waals surface area contributed by atoms with E-state index in [2.05, 4.69) is 60.8 Å². The molecule has 9 heteroatoms. The van der Waals surface area contributed by atoms with Gasteiger partial charge in [-0.3, -0.25) is 18.2 Å². The highest BCUT2D eigenvalue weighted by Crippen LogP contribution is 2.12. The van der Waals surface area contributed by atoms with Crippen LogP contribution in [0, 0.1) is 0 Å². The topological polar surface area (TPSA) is 114 Å². The Balaban J connectivity index is 0.000000904. The van der Waals surface area contributed by atoms with Gasteiger partial charge in [-0.25, -0.2) is 9.98 Å². The zero-order valence-corrected chi connectivity index (χ0v) is 35.7. The van der Waals surface area contributed by atoms with Crippen molar-refractivity contribution in [3.8, 4) is 0 Å². The van der Waals surface area contributed by atoms with Crippen LogP contribution in [-0.4, -0.2) is 69.5 Å². The molecule has 2 heterocycles. The molecule has 0 spiro atoms. The monoisotopic (exact) mass is 767 g/mol. The zero-order chi connectivity index (χ0) is 38.8. The van der Waals surface area contributed by atoms with Gasteiger partial charge >= 0.3 is 0 Å². The fourth-order valence-electron chi connectivity index (χ4n) is 6.86. The predicted octanol–water partition coefficient (Wildman–Crippen LogP) is 9.34. The fourth-order valence-corrected chi connectivity index (χ4v) is 6.86. The van der Waals surface area contributed by atoms with E-state index in [4.69, 9.17) is 17.5 Å². The number of allylic oxidation sites excluding steroid dienone is 4. The molecule has 2 N–H and O–H groups in total. The molecule has 2 atom stereocenters. The lowest BCUT2D eigenvalue weighted by Gasteiger charge is -2.07. The Hall–Kier alpha value is -1.39. The number of hydrogen-bond acceptors (Lipinski definition) is 6. The van der Waals surface area contributed by atoms with Crippen LogP contribution in [0.2, 0.25) is 0 Å². The summed E-state index contributed by atoms with van der Waals surface area (Å²) in [4.78, 5) is 11.8. The second-order valence-electron chi connectivity index (χ2n) is 15.4. The first-order valence-corrected chi connectivity index (χ1v) is 23.9. The largest absolute Gasteiger partial charge is 0.759 e. The van der Waals surface area contributed by atoms with Gasteiger partial charge < -0.3 is 9.11 Å². The number of quaternary nitrogens is 2. The van der Waals surface area contributed by atoms with Crippen molar-refractivity contribution in [1.29, 1.82) is 0 Å². The van der Waals surface area contributed by atoms with E-state index in [0.29, 0.717) is 0 Å². The summed E-state index contributed by atoms with van der Waals surface area (Å²) in [5.74, 6) is 0. The van der Waals surface area contributed by atoms with Gasteiger partial charge in [-0.2, -0.15) is 0 Å². The maximum Gasteiger partial charge on any atom is 0.183 e. The van der Waals surface area contributed by atoms with E-state index in [9.17, 15) is 0 Å². The van der Waals surface area contributed by atoms with E-state index in [-0.39, 0.29) is 0 Å². The molecule has 0 aromatic heterocycles. The molecule has 2 aliphatic rings. The van der Waals surface area contributed by atoms with Crippen LogP contribution < -0.4 is 9.80 Å². The normalized spacial score (nSPS) is 16.8. The second-order valence-corrected chi connectivity index (χ2v) is 16.2. The molecule has 0 radical (unpaired) electrons. The van der Waals surface area contributed by atoms with Gasteiger partial charge in [0, 0.05) is 10.4 Å². The fraction of sp³-hybridized carbons (Fsp3) is 0.864. The molecule has 2 unspecified atom stereocenters. The number of rotatable bonds is 34. The Bertz CT molecular complexity index is 900. The van der Waals surface area contributed by atoms with E-state index in [1.54, 1.807) is 9.80 Å². The molecule has 2 aliphatic heterocycles. The molecule has 312 valence electrons. The lowest BCUT2D eigenvalue weighted by molar-refractivity contribution is -0.791. The smallest absolute Gasteiger partial charge is 0.183 e. The van der Waals surface area contributed by atoms with Gasteiger partial charge in [0.2, 0.25) is 0 Å². The zero-order valence-electron chi connectivity index (χ0n) is 34.9. The average Bonchev–Trinajstić information content (AvgIpc) is 3.86. The van der Waals surface area contributed by atoms with Crippen LogP contribution >= 0.6 is 0 Å². The van der Waals surface area contributed by atoms with E-state index >= 15 is 0 Å². The first-order valence-electron chi connectivity index (χ1n) is 22.5. The van der Waals surface area contributed by atoms with Crippen molar-refractivity contribution in [3.63, 3.8) is 0 Å². The summed E-state index contributed by atoms with van der Waals surface area (Å²) in [6.07, 6.45) is 55.9. The average molecular weight is 767 g/mol. The van der Waals surface area contributed by atoms with Crippen molar-refractivity contribution >= 4 is 23.1 Å². The lowest BCUT2D eigenvalue weighted by atomic mass is 10.1. The van der Waals surface area contributed by atoms with Crippen molar-refractivity contribution < 1.29 is 27.3 Å². The number of nitrogens with zero attached hydrogens (tertiary/aromatic N) is 2. The SMILES string of the molecule is CCCCCCCCC/C=C\CCCCCCCC[NH+]1C=NCC1.CCCCCCCCC/C=C\CCCCCCCC[NH+]1C=NCC1.O=S(=O)([O-])[O-]. The Labute approximate surface area is 329 Å². The third-order valence-electron chi connectivity index (χ3n) is 10.2. The van der Waals surface area contributed by atoms with Crippen LogP contribution in [-0.2, 0) is 10.4 Å². The summed E-state index contributed by atoms with van der Waals surface area (Å²) in [7, 11) is -5.17. The molecule has 0 bridgehead atoms. The van der Waals surface area contributed by atoms with Crippen molar-refractivity contribution in [2.45, 2.75) is 206 Å². The quantitative estimate of drug-likeness (QED) is 0.0294.